The molecule has 14 heavy (non-hydrogen) atoms. The van der Waals surface area contributed by atoms with Gasteiger partial charge in [-0.2, -0.15) is 5.48 Å². The van der Waals surface area contributed by atoms with Gasteiger partial charge in [0.15, 0.2) is 0 Å². The van der Waals surface area contributed by atoms with E-state index in [-0.39, 0.29) is 0 Å². The van der Waals surface area contributed by atoms with E-state index in [0.29, 0.717) is 12.5 Å². The van der Waals surface area contributed by atoms with E-state index in [1.165, 1.54) is 25.7 Å². The van der Waals surface area contributed by atoms with Gasteiger partial charge in [-0.25, -0.2) is 0 Å². The second-order valence-corrected chi connectivity index (χ2v) is 3.73. The van der Waals surface area contributed by atoms with Crippen molar-refractivity contribution in [2.24, 2.45) is 0 Å². The summed E-state index contributed by atoms with van der Waals surface area (Å²) in [6.07, 6.45) is 6.82. The highest BCUT2D eigenvalue weighted by molar-refractivity contribution is 5.19. The van der Waals surface area contributed by atoms with Gasteiger partial charge >= 0.3 is 0 Å². The first-order valence-corrected chi connectivity index (χ1v) is 5.11. The smallest absolute Gasteiger partial charge is 0.128 e. The Bertz CT molecular complexity index is 279. The van der Waals surface area contributed by atoms with E-state index >= 15 is 0 Å². The topological polar surface area (TPSA) is 47.3 Å². The van der Waals surface area contributed by atoms with Gasteiger partial charge in [-0.3, -0.25) is 0 Å². The van der Waals surface area contributed by atoms with Crippen molar-refractivity contribution in [1.82, 2.24) is 10.6 Å². The van der Waals surface area contributed by atoms with E-state index < -0.39 is 0 Å². The molecule has 1 aliphatic carbocycles. The van der Waals surface area contributed by atoms with Crippen LogP contribution in [0.25, 0.3) is 0 Å². The van der Waals surface area contributed by atoms with Crippen LogP contribution in [0.15, 0.2) is 10.8 Å². The Kier molecular flexibility index (Phi) is 3.16. The van der Waals surface area contributed by atoms with Gasteiger partial charge in [0.25, 0.3) is 0 Å². The van der Waals surface area contributed by atoms with Gasteiger partial charge in [-0.05, 0) is 12.8 Å². The van der Waals surface area contributed by atoms with E-state index in [9.17, 15) is 0 Å². The number of hydrogen-bond donors (Lipinski definition) is 1. The molecule has 0 atom stereocenters. The van der Waals surface area contributed by atoms with Crippen LogP contribution in [0.2, 0.25) is 0 Å². The quantitative estimate of drug-likeness (QED) is 0.748. The van der Waals surface area contributed by atoms with Crippen molar-refractivity contribution in [2.75, 3.05) is 7.11 Å². The molecular formula is C10H16N2O2. The number of hydrogen-bond acceptors (Lipinski definition) is 4. The molecule has 0 spiro atoms. The largest absolute Gasteiger partial charge is 0.364 e. The standard InChI is InChI=1S/C10H16N2O2/c1-13-11-6-9-7-14-12-10(9)8-4-2-3-5-8/h7-8,11H,2-6H2,1H3. The zero-order valence-electron chi connectivity index (χ0n) is 8.45. The maximum Gasteiger partial charge on any atom is 0.128 e. The Morgan fingerprint density at radius 2 is 2.36 bits per heavy atom. The maximum absolute atomic E-state index is 5.01. The second-order valence-electron chi connectivity index (χ2n) is 3.73. The van der Waals surface area contributed by atoms with Gasteiger partial charge in [0.1, 0.15) is 6.26 Å². The summed E-state index contributed by atoms with van der Waals surface area (Å²) in [5, 5.41) is 4.08. The molecule has 0 bridgehead atoms. The summed E-state index contributed by atoms with van der Waals surface area (Å²) in [4.78, 5) is 4.81. The fourth-order valence-electron chi connectivity index (χ4n) is 2.08. The van der Waals surface area contributed by atoms with Gasteiger partial charge in [0.05, 0.1) is 19.3 Å². The second kappa shape index (κ2) is 4.57. The van der Waals surface area contributed by atoms with Crippen LogP contribution in [0, 0.1) is 0 Å². The molecule has 0 unspecified atom stereocenters. The average Bonchev–Trinajstić information content (AvgIpc) is 2.84. The third-order valence-corrected chi connectivity index (χ3v) is 2.82. The first-order chi connectivity index (χ1) is 6.92. The SMILES string of the molecule is CONCc1conc1C1CCCC1. The minimum Gasteiger partial charge on any atom is -0.364 e. The van der Waals surface area contributed by atoms with Crippen molar-refractivity contribution in [1.29, 1.82) is 0 Å². The van der Waals surface area contributed by atoms with Crippen molar-refractivity contribution in [3.05, 3.63) is 17.5 Å². The van der Waals surface area contributed by atoms with Crippen molar-refractivity contribution in [2.45, 2.75) is 38.1 Å². The lowest BCUT2D eigenvalue weighted by Gasteiger charge is -2.07. The van der Waals surface area contributed by atoms with Crippen LogP contribution in [0.1, 0.15) is 42.9 Å². The molecule has 0 amide bonds. The summed E-state index contributed by atoms with van der Waals surface area (Å²) in [6.45, 7) is 0.672. The molecule has 4 nitrogen and oxygen atoms in total. The third-order valence-electron chi connectivity index (χ3n) is 2.82. The molecule has 0 aliphatic heterocycles. The van der Waals surface area contributed by atoms with Gasteiger partial charge in [0, 0.05) is 11.5 Å². The van der Waals surface area contributed by atoms with Crippen LogP contribution in [0.5, 0.6) is 0 Å². The summed E-state index contributed by atoms with van der Waals surface area (Å²) in [7, 11) is 1.61. The predicted octanol–water partition coefficient (Wildman–Crippen LogP) is 1.98. The highest BCUT2D eigenvalue weighted by Crippen LogP contribution is 2.34. The minimum absolute atomic E-state index is 0.599. The number of aromatic nitrogens is 1. The van der Waals surface area contributed by atoms with Crippen LogP contribution >= 0.6 is 0 Å². The van der Waals surface area contributed by atoms with E-state index in [2.05, 4.69) is 10.6 Å². The molecule has 0 radical (unpaired) electrons. The molecule has 1 heterocycles. The molecule has 1 saturated carbocycles. The van der Waals surface area contributed by atoms with Gasteiger partial charge in [-0.15, -0.1) is 0 Å². The van der Waals surface area contributed by atoms with E-state index in [1.807, 2.05) is 0 Å². The Labute approximate surface area is 83.6 Å². The minimum atomic E-state index is 0.599. The lowest BCUT2D eigenvalue weighted by Crippen LogP contribution is -2.12. The van der Waals surface area contributed by atoms with Crippen LogP contribution in [-0.2, 0) is 11.4 Å². The van der Waals surface area contributed by atoms with Gasteiger partial charge in [-0.1, -0.05) is 18.0 Å². The zero-order chi connectivity index (χ0) is 9.80. The van der Waals surface area contributed by atoms with E-state index in [0.717, 1.165) is 11.3 Å². The lowest BCUT2D eigenvalue weighted by atomic mass is 10.0. The first kappa shape index (κ1) is 9.68. The normalized spacial score (nSPS) is 17.8. The van der Waals surface area contributed by atoms with Crippen molar-refractivity contribution >= 4 is 0 Å². The molecule has 0 aromatic carbocycles. The fourth-order valence-corrected chi connectivity index (χ4v) is 2.08. The highest BCUT2D eigenvalue weighted by Gasteiger charge is 2.22. The van der Waals surface area contributed by atoms with Crippen molar-refractivity contribution < 1.29 is 9.36 Å². The van der Waals surface area contributed by atoms with Gasteiger partial charge in [0.2, 0.25) is 0 Å². The molecule has 4 heteroatoms. The molecule has 1 N–H and O–H groups in total. The zero-order valence-corrected chi connectivity index (χ0v) is 8.45. The third kappa shape index (κ3) is 1.96. The molecular weight excluding hydrogens is 180 g/mol. The Morgan fingerprint density at radius 3 is 3.07 bits per heavy atom. The summed E-state index contributed by atoms with van der Waals surface area (Å²) in [5.74, 6) is 0.599. The highest BCUT2D eigenvalue weighted by atomic mass is 16.6. The van der Waals surface area contributed by atoms with Crippen molar-refractivity contribution in [3.8, 4) is 0 Å². The lowest BCUT2D eigenvalue weighted by molar-refractivity contribution is 0.0863. The van der Waals surface area contributed by atoms with Crippen LogP contribution in [0.3, 0.4) is 0 Å². The summed E-state index contributed by atoms with van der Waals surface area (Å²) >= 11 is 0. The van der Waals surface area contributed by atoms with Crippen LogP contribution < -0.4 is 5.48 Å². The number of hydroxylamine groups is 1. The van der Waals surface area contributed by atoms with E-state index in [4.69, 9.17) is 9.36 Å². The first-order valence-electron chi connectivity index (χ1n) is 5.11. The number of rotatable bonds is 4. The number of nitrogens with zero attached hydrogens (tertiary/aromatic N) is 1. The fraction of sp³-hybridized carbons (Fsp3) is 0.700. The molecule has 1 aromatic heterocycles. The van der Waals surface area contributed by atoms with Crippen molar-refractivity contribution in [3.63, 3.8) is 0 Å². The van der Waals surface area contributed by atoms with Crippen LogP contribution in [-0.4, -0.2) is 12.3 Å². The average molecular weight is 196 g/mol. The molecule has 2 rings (SSSR count). The monoisotopic (exact) mass is 196 g/mol. The Morgan fingerprint density at radius 1 is 1.57 bits per heavy atom. The number of nitrogens with one attached hydrogen (secondary N) is 1. The summed E-state index contributed by atoms with van der Waals surface area (Å²) in [6, 6.07) is 0. The Balaban J connectivity index is 2.04. The molecule has 78 valence electrons. The van der Waals surface area contributed by atoms with Crippen LogP contribution in [0.4, 0.5) is 0 Å². The molecule has 1 aromatic rings. The summed E-state index contributed by atoms with van der Waals surface area (Å²) < 4.78 is 5.01. The molecule has 1 fully saturated rings. The van der Waals surface area contributed by atoms with Gasteiger partial charge < -0.3 is 9.36 Å². The summed E-state index contributed by atoms with van der Waals surface area (Å²) in [5.41, 5.74) is 5.06. The van der Waals surface area contributed by atoms with E-state index in [1.54, 1.807) is 13.4 Å². The maximum atomic E-state index is 5.01. The molecule has 0 saturated heterocycles. The predicted molar refractivity (Wildman–Crippen MR) is 51.6 cm³/mol. The molecule has 1 aliphatic rings. The Hall–Kier alpha value is -0.870.